The van der Waals surface area contributed by atoms with Gasteiger partial charge in [0, 0.05) is 18.8 Å². The molecule has 1 atom stereocenters. The van der Waals surface area contributed by atoms with Gasteiger partial charge in [0.15, 0.2) is 0 Å². The molecule has 1 unspecified atom stereocenters. The van der Waals surface area contributed by atoms with E-state index in [1.165, 1.54) is 5.56 Å². The normalized spacial score (nSPS) is 11.5. The van der Waals surface area contributed by atoms with E-state index in [1.807, 2.05) is 31.5 Å². The van der Waals surface area contributed by atoms with Crippen LogP contribution in [0.3, 0.4) is 0 Å². The number of pyridine rings is 1. The van der Waals surface area contributed by atoms with Crippen molar-refractivity contribution >= 4 is 0 Å². The Balaban J connectivity index is 2.63. The lowest BCUT2D eigenvalue weighted by Crippen LogP contribution is -1.91. The molecule has 62 valence electrons. The number of hydrogen-bond donors (Lipinski definition) is 0. The second-order valence-electron chi connectivity index (χ2n) is 2.81. The smallest absolute Gasteiger partial charge is 0.0270 e. The van der Waals surface area contributed by atoms with Gasteiger partial charge >= 0.3 is 0 Å². The van der Waals surface area contributed by atoms with Gasteiger partial charge in [0.1, 0.15) is 0 Å². The number of nitrogens with zero attached hydrogens (tertiary/aromatic N) is 1. The van der Waals surface area contributed by atoms with E-state index in [0.717, 1.165) is 6.42 Å². The molecule has 0 spiro atoms. The molecule has 0 bridgehead atoms. The topological polar surface area (TPSA) is 12.9 Å². The van der Waals surface area contributed by atoms with Crippen LogP contribution in [0.2, 0.25) is 0 Å². The highest BCUT2D eigenvalue weighted by Gasteiger charge is 2.01. The summed E-state index contributed by atoms with van der Waals surface area (Å²) in [6.45, 7) is 4.05. The average molecular weight is 159 g/mol. The maximum absolute atomic E-state index is 3.97. The molecule has 1 nitrogen and oxygen atoms in total. The zero-order chi connectivity index (χ0) is 8.81. The molecule has 0 aliphatic rings. The van der Waals surface area contributed by atoms with Gasteiger partial charge < -0.3 is 0 Å². The predicted octanol–water partition coefficient (Wildman–Crippen LogP) is 2.60. The van der Waals surface area contributed by atoms with Crippen LogP contribution in [0, 0.1) is 11.8 Å². The van der Waals surface area contributed by atoms with E-state index in [-0.39, 0.29) is 0 Å². The highest BCUT2D eigenvalue weighted by atomic mass is 14.6. The molecule has 1 heteroatoms. The van der Waals surface area contributed by atoms with Crippen molar-refractivity contribution in [3.8, 4) is 11.8 Å². The lowest BCUT2D eigenvalue weighted by Gasteiger charge is -2.06. The molecule has 1 aromatic heterocycles. The van der Waals surface area contributed by atoms with Crippen molar-refractivity contribution in [2.24, 2.45) is 0 Å². The molecule has 0 radical (unpaired) electrons. The van der Waals surface area contributed by atoms with Crippen molar-refractivity contribution in [1.29, 1.82) is 0 Å². The van der Waals surface area contributed by atoms with Gasteiger partial charge in [0.05, 0.1) is 0 Å². The number of aromatic nitrogens is 1. The van der Waals surface area contributed by atoms with Crippen LogP contribution >= 0.6 is 0 Å². The fourth-order valence-electron chi connectivity index (χ4n) is 1.06. The van der Waals surface area contributed by atoms with E-state index >= 15 is 0 Å². The number of rotatable bonds is 2. The van der Waals surface area contributed by atoms with Gasteiger partial charge in [0.25, 0.3) is 0 Å². The summed E-state index contributed by atoms with van der Waals surface area (Å²) in [5.74, 6) is 6.49. The second-order valence-corrected chi connectivity index (χ2v) is 2.81. The van der Waals surface area contributed by atoms with Gasteiger partial charge in [-0.25, -0.2) is 0 Å². The summed E-state index contributed by atoms with van der Waals surface area (Å²) in [6, 6.07) is 4.09. The molecule has 12 heavy (non-hydrogen) atoms. The van der Waals surface area contributed by atoms with Crippen molar-refractivity contribution in [3.05, 3.63) is 30.1 Å². The Labute approximate surface area is 73.8 Å². The highest BCUT2D eigenvalue weighted by Crippen LogP contribution is 2.16. The molecule has 0 saturated heterocycles. The van der Waals surface area contributed by atoms with Gasteiger partial charge in [-0.05, 0) is 30.5 Å². The monoisotopic (exact) mass is 159 g/mol. The van der Waals surface area contributed by atoms with Crippen molar-refractivity contribution < 1.29 is 0 Å². The molecule has 0 amide bonds. The minimum Gasteiger partial charge on any atom is -0.265 e. The highest BCUT2D eigenvalue weighted by molar-refractivity contribution is 5.17. The van der Waals surface area contributed by atoms with E-state index in [1.54, 1.807) is 0 Å². The molecule has 0 aromatic carbocycles. The summed E-state index contributed by atoms with van der Waals surface area (Å²) in [5, 5.41) is 0. The Kier molecular flexibility index (Phi) is 3.35. The Morgan fingerprint density at radius 1 is 1.42 bits per heavy atom. The first kappa shape index (κ1) is 8.80. The second kappa shape index (κ2) is 4.56. The lowest BCUT2D eigenvalue weighted by molar-refractivity contribution is 0.793. The van der Waals surface area contributed by atoms with Gasteiger partial charge in [0.2, 0.25) is 0 Å². The Morgan fingerprint density at radius 3 is 2.67 bits per heavy atom. The summed E-state index contributed by atoms with van der Waals surface area (Å²) in [4.78, 5) is 3.97. The molecule has 0 aliphatic heterocycles. The zero-order valence-electron chi connectivity index (χ0n) is 7.54. The predicted molar refractivity (Wildman–Crippen MR) is 50.7 cm³/mol. The fraction of sp³-hybridized carbons (Fsp3) is 0.364. The summed E-state index contributed by atoms with van der Waals surface area (Å²) >= 11 is 0. The minimum absolute atomic E-state index is 0.514. The standard InChI is InChI=1S/C11H13N/c1-3-4-5-10(2)11-6-8-12-9-7-11/h6-10H,5H2,1-2H3. The van der Waals surface area contributed by atoms with Crippen molar-refractivity contribution in [2.45, 2.75) is 26.2 Å². The third-order valence-corrected chi connectivity index (χ3v) is 1.86. The van der Waals surface area contributed by atoms with Crippen LogP contribution < -0.4 is 0 Å². The summed E-state index contributed by atoms with van der Waals surface area (Å²) < 4.78 is 0. The molecule has 0 N–H and O–H groups in total. The molecule has 1 aromatic rings. The number of hydrogen-bond acceptors (Lipinski definition) is 1. The maximum Gasteiger partial charge on any atom is 0.0270 e. The van der Waals surface area contributed by atoms with Crippen LogP contribution in [-0.4, -0.2) is 4.98 Å². The molecular formula is C11H13N. The van der Waals surface area contributed by atoms with Crippen LogP contribution in [0.25, 0.3) is 0 Å². The minimum atomic E-state index is 0.514. The van der Waals surface area contributed by atoms with Gasteiger partial charge in [-0.15, -0.1) is 11.8 Å². The molecule has 1 heterocycles. The first-order valence-corrected chi connectivity index (χ1v) is 4.14. The zero-order valence-corrected chi connectivity index (χ0v) is 7.54. The SMILES string of the molecule is CC#CCC(C)c1ccncc1. The Morgan fingerprint density at radius 2 is 2.08 bits per heavy atom. The summed E-state index contributed by atoms with van der Waals surface area (Å²) in [5.41, 5.74) is 1.31. The summed E-state index contributed by atoms with van der Waals surface area (Å²) in [6.07, 6.45) is 4.58. The van der Waals surface area contributed by atoms with E-state index < -0.39 is 0 Å². The molecule has 0 saturated carbocycles. The maximum atomic E-state index is 3.97. The van der Waals surface area contributed by atoms with Crippen LogP contribution in [0.5, 0.6) is 0 Å². The van der Waals surface area contributed by atoms with E-state index in [2.05, 4.69) is 23.7 Å². The van der Waals surface area contributed by atoms with Crippen LogP contribution in [-0.2, 0) is 0 Å². The average Bonchev–Trinajstić information content (AvgIpc) is 2.15. The molecule has 1 rings (SSSR count). The van der Waals surface area contributed by atoms with Crippen LogP contribution in [0.4, 0.5) is 0 Å². The van der Waals surface area contributed by atoms with E-state index in [9.17, 15) is 0 Å². The Hall–Kier alpha value is -1.29. The van der Waals surface area contributed by atoms with E-state index in [4.69, 9.17) is 0 Å². The van der Waals surface area contributed by atoms with Crippen molar-refractivity contribution in [2.75, 3.05) is 0 Å². The summed E-state index contributed by atoms with van der Waals surface area (Å²) in [7, 11) is 0. The Bertz CT molecular complexity index is 279. The molecule has 0 aliphatic carbocycles. The van der Waals surface area contributed by atoms with Crippen molar-refractivity contribution in [1.82, 2.24) is 4.98 Å². The molecular weight excluding hydrogens is 146 g/mol. The van der Waals surface area contributed by atoms with E-state index in [0.29, 0.717) is 5.92 Å². The van der Waals surface area contributed by atoms with Crippen molar-refractivity contribution in [3.63, 3.8) is 0 Å². The first-order chi connectivity index (χ1) is 5.84. The lowest BCUT2D eigenvalue weighted by atomic mass is 10.00. The largest absolute Gasteiger partial charge is 0.265 e. The first-order valence-electron chi connectivity index (χ1n) is 4.14. The van der Waals surface area contributed by atoms with Gasteiger partial charge in [-0.3, -0.25) is 4.98 Å². The van der Waals surface area contributed by atoms with Gasteiger partial charge in [-0.1, -0.05) is 6.92 Å². The fourth-order valence-corrected chi connectivity index (χ4v) is 1.06. The third-order valence-electron chi connectivity index (χ3n) is 1.86. The van der Waals surface area contributed by atoms with Gasteiger partial charge in [-0.2, -0.15) is 0 Å². The third kappa shape index (κ3) is 2.39. The van der Waals surface area contributed by atoms with Crippen LogP contribution in [0.15, 0.2) is 24.5 Å². The van der Waals surface area contributed by atoms with Crippen LogP contribution in [0.1, 0.15) is 31.7 Å². The quantitative estimate of drug-likeness (QED) is 0.604. The molecule has 0 fully saturated rings.